The van der Waals surface area contributed by atoms with Crippen molar-refractivity contribution < 1.29 is 9.84 Å². The van der Waals surface area contributed by atoms with E-state index in [9.17, 15) is 5.11 Å². The number of thioether (sulfide) groups is 1. The highest BCUT2D eigenvalue weighted by molar-refractivity contribution is 7.99. The van der Waals surface area contributed by atoms with Crippen LogP contribution in [0.1, 0.15) is 50.2 Å². The monoisotopic (exact) mass is 278 g/mol. The van der Waals surface area contributed by atoms with Gasteiger partial charge in [0.05, 0.1) is 12.2 Å². The molecule has 2 nitrogen and oxygen atoms in total. The number of benzene rings is 1. The van der Waals surface area contributed by atoms with Gasteiger partial charge in [0.2, 0.25) is 0 Å². The van der Waals surface area contributed by atoms with Gasteiger partial charge in [-0.3, -0.25) is 0 Å². The Balaban J connectivity index is 1.48. The van der Waals surface area contributed by atoms with E-state index in [0.717, 1.165) is 22.3 Å². The van der Waals surface area contributed by atoms with Gasteiger partial charge in [-0.15, -0.1) is 0 Å². The molecule has 2 saturated carbocycles. The zero-order chi connectivity index (χ0) is 13.1. The highest BCUT2D eigenvalue weighted by atomic mass is 32.2. The lowest BCUT2D eigenvalue weighted by Gasteiger charge is -2.14. The minimum Gasteiger partial charge on any atom is -0.490 e. The van der Waals surface area contributed by atoms with Crippen molar-refractivity contribution in [1.82, 2.24) is 0 Å². The number of hydrogen-bond acceptors (Lipinski definition) is 3. The molecule has 1 aromatic rings. The molecule has 3 rings (SSSR count). The van der Waals surface area contributed by atoms with E-state index >= 15 is 0 Å². The van der Waals surface area contributed by atoms with E-state index in [1.807, 2.05) is 36.0 Å². The van der Waals surface area contributed by atoms with E-state index in [-0.39, 0.29) is 6.10 Å². The van der Waals surface area contributed by atoms with Gasteiger partial charge in [0.25, 0.3) is 0 Å². The lowest BCUT2D eigenvalue weighted by atomic mass is 10.1. The SMILES string of the molecule is OC(CSC1CCCC1)c1ccc(OC2CC2)cc1. The van der Waals surface area contributed by atoms with Crippen LogP contribution in [0, 0.1) is 0 Å². The lowest BCUT2D eigenvalue weighted by molar-refractivity contribution is 0.204. The number of ether oxygens (including phenoxy) is 1. The minimum atomic E-state index is -0.347. The standard InChI is InChI=1S/C16H22O2S/c17-16(11-19-15-3-1-2-4-15)12-5-7-13(8-6-12)18-14-9-10-14/h5-8,14-17H,1-4,9-11H2. The van der Waals surface area contributed by atoms with E-state index < -0.39 is 0 Å². The zero-order valence-electron chi connectivity index (χ0n) is 11.3. The van der Waals surface area contributed by atoms with E-state index in [4.69, 9.17) is 4.74 Å². The summed E-state index contributed by atoms with van der Waals surface area (Å²) >= 11 is 1.93. The van der Waals surface area contributed by atoms with Crippen LogP contribution in [-0.4, -0.2) is 22.2 Å². The molecule has 2 fully saturated rings. The summed E-state index contributed by atoms with van der Waals surface area (Å²) in [4.78, 5) is 0. The van der Waals surface area contributed by atoms with Crippen LogP contribution in [0.2, 0.25) is 0 Å². The van der Waals surface area contributed by atoms with Gasteiger partial charge in [0.1, 0.15) is 5.75 Å². The minimum absolute atomic E-state index is 0.347. The molecule has 0 aliphatic heterocycles. The fourth-order valence-electron chi connectivity index (χ4n) is 2.53. The van der Waals surface area contributed by atoms with E-state index in [1.54, 1.807) is 0 Å². The summed E-state index contributed by atoms with van der Waals surface area (Å²) in [5.41, 5.74) is 1.01. The second-order valence-electron chi connectivity index (χ2n) is 5.64. The normalized spacial score (nSPS) is 21.5. The second-order valence-corrected chi connectivity index (χ2v) is 6.98. The average Bonchev–Trinajstić information content (AvgIpc) is 3.09. The molecule has 19 heavy (non-hydrogen) atoms. The summed E-state index contributed by atoms with van der Waals surface area (Å²) < 4.78 is 5.71. The summed E-state index contributed by atoms with van der Waals surface area (Å²) in [6.07, 6.45) is 7.83. The van der Waals surface area contributed by atoms with E-state index in [1.165, 1.54) is 38.5 Å². The molecule has 0 spiro atoms. The van der Waals surface area contributed by atoms with Gasteiger partial charge in [0, 0.05) is 11.0 Å². The Hall–Kier alpha value is -0.670. The van der Waals surface area contributed by atoms with Gasteiger partial charge in [-0.2, -0.15) is 11.8 Å². The molecule has 1 unspecified atom stereocenters. The van der Waals surface area contributed by atoms with Crippen LogP contribution in [0.4, 0.5) is 0 Å². The first-order valence-corrected chi connectivity index (χ1v) is 8.42. The predicted octanol–water partition coefficient (Wildman–Crippen LogP) is 3.94. The van der Waals surface area contributed by atoms with Crippen LogP contribution < -0.4 is 4.74 Å². The summed E-state index contributed by atoms with van der Waals surface area (Å²) in [6, 6.07) is 7.96. The Morgan fingerprint density at radius 1 is 1.11 bits per heavy atom. The lowest BCUT2D eigenvalue weighted by Crippen LogP contribution is -2.05. The third kappa shape index (κ3) is 3.90. The van der Waals surface area contributed by atoms with Crippen molar-refractivity contribution in [2.24, 2.45) is 0 Å². The third-order valence-corrected chi connectivity index (χ3v) is 5.33. The Labute approximate surface area is 119 Å². The first-order chi connectivity index (χ1) is 9.31. The average molecular weight is 278 g/mol. The van der Waals surface area contributed by atoms with Crippen LogP contribution in [0.25, 0.3) is 0 Å². The summed E-state index contributed by atoms with van der Waals surface area (Å²) in [5, 5.41) is 11.0. The second kappa shape index (κ2) is 6.19. The van der Waals surface area contributed by atoms with Crippen molar-refractivity contribution in [1.29, 1.82) is 0 Å². The Kier molecular flexibility index (Phi) is 4.34. The molecule has 0 amide bonds. The van der Waals surface area contributed by atoms with Crippen molar-refractivity contribution in [3.8, 4) is 5.75 Å². The molecule has 3 heteroatoms. The number of aliphatic hydroxyl groups excluding tert-OH is 1. The smallest absolute Gasteiger partial charge is 0.119 e. The zero-order valence-corrected chi connectivity index (χ0v) is 12.1. The number of aliphatic hydroxyl groups is 1. The number of hydrogen-bond donors (Lipinski definition) is 1. The quantitative estimate of drug-likeness (QED) is 0.854. The molecule has 0 heterocycles. The molecular weight excluding hydrogens is 256 g/mol. The topological polar surface area (TPSA) is 29.5 Å². The summed E-state index contributed by atoms with van der Waals surface area (Å²) in [6.45, 7) is 0. The van der Waals surface area contributed by atoms with Gasteiger partial charge in [-0.25, -0.2) is 0 Å². The fraction of sp³-hybridized carbons (Fsp3) is 0.625. The van der Waals surface area contributed by atoms with Gasteiger partial charge in [-0.05, 0) is 43.4 Å². The van der Waals surface area contributed by atoms with Gasteiger partial charge < -0.3 is 9.84 Å². The van der Waals surface area contributed by atoms with Gasteiger partial charge in [0.15, 0.2) is 0 Å². The third-order valence-electron chi connectivity index (χ3n) is 3.88. The molecular formula is C16H22O2S. The first kappa shape index (κ1) is 13.3. The maximum atomic E-state index is 10.2. The van der Waals surface area contributed by atoms with Crippen LogP contribution in [0.15, 0.2) is 24.3 Å². The number of rotatable bonds is 6. The maximum Gasteiger partial charge on any atom is 0.119 e. The molecule has 0 bridgehead atoms. The predicted molar refractivity (Wildman–Crippen MR) is 79.8 cm³/mol. The molecule has 2 aliphatic rings. The van der Waals surface area contributed by atoms with Crippen molar-refractivity contribution in [3.63, 3.8) is 0 Å². The first-order valence-electron chi connectivity index (χ1n) is 7.37. The van der Waals surface area contributed by atoms with Crippen LogP contribution in [0.5, 0.6) is 5.75 Å². The molecule has 1 aromatic carbocycles. The fourth-order valence-corrected chi connectivity index (χ4v) is 3.84. The van der Waals surface area contributed by atoms with Crippen molar-refractivity contribution in [2.75, 3.05) is 5.75 Å². The maximum absolute atomic E-state index is 10.2. The van der Waals surface area contributed by atoms with Gasteiger partial charge >= 0.3 is 0 Å². The van der Waals surface area contributed by atoms with Crippen molar-refractivity contribution in [3.05, 3.63) is 29.8 Å². The highest BCUT2D eigenvalue weighted by Gasteiger charge is 2.23. The van der Waals surface area contributed by atoms with Crippen molar-refractivity contribution in [2.45, 2.75) is 56.0 Å². The highest BCUT2D eigenvalue weighted by Crippen LogP contribution is 2.32. The van der Waals surface area contributed by atoms with E-state index in [2.05, 4.69) is 0 Å². The molecule has 0 saturated heterocycles. The van der Waals surface area contributed by atoms with Crippen molar-refractivity contribution >= 4 is 11.8 Å². The molecule has 1 atom stereocenters. The van der Waals surface area contributed by atoms with Crippen LogP contribution >= 0.6 is 11.8 Å². The molecule has 1 N–H and O–H groups in total. The van der Waals surface area contributed by atoms with Crippen LogP contribution in [0.3, 0.4) is 0 Å². The molecule has 0 aromatic heterocycles. The Morgan fingerprint density at radius 2 is 1.79 bits per heavy atom. The molecule has 104 valence electrons. The molecule has 0 radical (unpaired) electrons. The van der Waals surface area contributed by atoms with Crippen LogP contribution in [-0.2, 0) is 0 Å². The Bertz CT molecular complexity index is 394. The Morgan fingerprint density at radius 3 is 2.42 bits per heavy atom. The molecule has 2 aliphatic carbocycles. The largest absolute Gasteiger partial charge is 0.490 e. The van der Waals surface area contributed by atoms with E-state index in [0.29, 0.717) is 6.10 Å². The summed E-state index contributed by atoms with van der Waals surface area (Å²) in [7, 11) is 0. The summed E-state index contributed by atoms with van der Waals surface area (Å²) in [5.74, 6) is 1.75. The van der Waals surface area contributed by atoms with Gasteiger partial charge in [-0.1, -0.05) is 25.0 Å².